The molecule has 0 N–H and O–H groups in total. The van der Waals surface area contributed by atoms with Crippen LogP contribution in [0.5, 0.6) is 0 Å². The lowest BCUT2D eigenvalue weighted by Gasteiger charge is -2.26. The Bertz CT molecular complexity index is 806. The number of aromatic nitrogens is 3. The molecule has 0 aliphatic heterocycles. The molecular weight excluding hydrogens is 343 g/mol. The summed E-state index contributed by atoms with van der Waals surface area (Å²) in [6, 6.07) is 6.75. The largest absolute Gasteiger partial charge is 0.451 e. The summed E-state index contributed by atoms with van der Waals surface area (Å²) in [7, 11) is 0. The minimum absolute atomic E-state index is 0.0216. The van der Waals surface area contributed by atoms with Crippen LogP contribution < -0.4 is 5.56 Å². The Hall–Kier alpha value is -2.18. The maximum Gasteiger partial charge on any atom is 0.451 e. The highest BCUT2D eigenvalue weighted by atomic mass is 19.4. The summed E-state index contributed by atoms with van der Waals surface area (Å²) in [4.78, 5) is 12.9. The first-order chi connectivity index (χ1) is 12.4. The number of nitrogens with zero attached hydrogens (tertiary/aromatic N) is 3. The van der Waals surface area contributed by atoms with E-state index in [0.29, 0.717) is 18.4 Å². The summed E-state index contributed by atoms with van der Waals surface area (Å²) in [5, 5.41) is 7.05. The standard InChI is InChI=1S/C19H22F3N3O/c1-2-6-13-9-11-14(12-10-13)16-17(26)25(15-7-4-3-5-8-15)18(24-23-16)19(20,21)22/h9-12,15H,2-8H2,1H3. The van der Waals surface area contributed by atoms with Crippen molar-refractivity contribution in [3.63, 3.8) is 0 Å². The topological polar surface area (TPSA) is 47.8 Å². The SMILES string of the molecule is CCCc1ccc(-c2nnc(C(F)(F)F)n(C3CCCCC3)c2=O)cc1. The molecule has 140 valence electrons. The molecule has 1 aromatic carbocycles. The predicted octanol–water partition coefficient (Wildman–Crippen LogP) is 4.78. The van der Waals surface area contributed by atoms with Crippen LogP contribution in [0, 0.1) is 0 Å². The van der Waals surface area contributed by atoms with Crippen LogP contribution >= 0.6 is 0 Å². The Morgan fingerprint density at radius 1 is 1.08 bits per heavy atom. The van der Waals surface area contributed by atoms with E-state index in [1.165, 1.54) is 0 Å². The monoisotopic (exact) mass is 365 g/mol. The van der Waals surface area contributed by atoms with Gasteiger partial charge in [0.15, 0.2) is 5.69 Å². The van der Waals surface area contributed by atoms with Crippen LogP contribution in [0.3, 0.4) is 0 Å². The molecule has 1 saturated carbocycles. The van der Waals surface area contributed by atoms with Crippen LogP contribution in [0.25, 0.3) is 11.3 Å². The molecule has 1 aliphatic carbocycles. The molecule has 0 atom stereocenters. The summed E-state index contributed by atoms with van der Waals surface area (Å²) in [6.07, 6.45) is 0.936. The van der Waals surface area contributed by atoms with E-state index >= 15 is 0 Å². The molecule has 0 radical (unpaired) electrons. The van der Waals surface area contributed by atoms with E-state index in [1.54, 1.807) is 12.1 Å². The molecule has 0 unspecified atom stereocenters. The zero-order valence-electron chi connectivity index (χ0n) is 14.7. The summed E-state index contributed by atoms with van der Waals surface area (Å²) < 4.78 is 41.0. The lowest BCUT2D eigenvalue weighted by atomic mass is 9.95. The van der Waals surface area contributed by atoms with Gasteiger partial charge in [0.1, 0.15) is 0 Å². The molecule has 26 heavy (non-hydrogen) atoms. The van der Waals surface area contributed by atoms with Gasteiger partial charge in [0.2, 0.25) is 5.82 Å². The smallest absolute Gasteiger partial charge is 0.283 e. The highest BCUT2D eigenvalue weighted by molar-refractivity contribution is 5.58. The third-order valence-corrected chi connectivity index (χ3v) is 4.85. The lowest BCUT2D eigenvalue weighted by Crippen LogP contribution is -2.35. The van der Waals surface area contributed by atoms with E-state index in [0.717, 1.165) is 42.2 Å². The summed E-state index contributed by atoms with van der Waals surface area (Å²) in [6.45, 7) is 2.07. The van der Waals surface area contributed by atoms with Crippen molar-refractivity contribution in [2.45, 2.75) is 64.1 Å². The maximum absolute atomic E-state index is 13.4. The van der Waals surface area contributed by atoms with Gasteiger partial charge in [-0.15, -0.1) is 10.2 Å². The molecule has 7 heteroatoms. The molecule has 0 spiro atoms. The summed E-state index contributed by atoms with van der Waals surface area (Å²) in [5.74, 6) is -1.19. The number of aryl methyl sites for hydroxylation is 1. The fraction of sp³-hybridized carbons (Fsp3) is 0.526. The first-order valence-electron chi connectivity index (χ1n) is 9.07. The van der Waals surface area contributed by atoms with Crippen molar-refractivity contribution in [1.82, 2.24) is 14.8 Å². The van der Waals surface area contributed by atoms with Crippen molar-refractivity contribution in [3.05, 3.63) is 46.0 Å². The first kappa shape index (κ1) is 18.6. The molecule has 2 aromatic rings. The number of hydrogen-bond acceptors (Lipinski definition) is 3. The molecule has 1 heterocycles. The minimum atomic E-state index is -4.70. The average molecular weight is 365 g/mol. The molecule has 1 aromatic heterocycles. The van der Waals surface area contributed by atoms with E-state index in [9.17, 15) is 18.0 Å². The van der Waals surface area contributed by atoms with Gasteiger partial charge in [0.05, 0.1) is 0 Å². The van der Waals surface area contributed by atoms with Crippen molar-refractivity contribution in [3.8, 4) is 11.3 Å². The van der Waals surface area contributed by atoms with Crippen molar-refractivity contribution < 1.29 is 13.2 Å². The highest BCUT2D eigenvalue weighted by Crippen LogP contribution is 2.33. The van der Waals surface area contributed by atoms with E-state index in [2.05, 4.69) is 17.1 Å². The van der Waals surface area contributed by atoms with Gasteiger partial charge in [0, 0.05) is 11.6 Å². The lowest BCUT2D eigenvalue weighted by molar-refractivity contribution is -0.150. The molecule has 0 saturated heterocycles. The second-order valence-corrected chi connectivity index (χ2v) is 6.78. The van der Waals surface area contributed by atoms with Gasteiger partial charge in [-0.1, -0.05) is 56.9 Å². The van der Waals surface area contributed by atoms with Crippen molar-refractivity contribution >= 4 is 0 Å². The maximum atomic E-state index is 13.4. The number of alkyl halides is 3. The van der Waals surface area contributed by atoms with Gasteiger partial charge in [-0.2, -0.15) is 13.2 Å². The number of hydrogen-bond donors (Lipinski definition) is 0. The number of benzene rings is 1. The van der Waals surface area contributed by atoms with Crippen LogP contribution in [0.4, 0.5) is 13.2 Å². The Kier molecular flexibility index (Phi) is 5.44. The molecule has 1 fully saturated rings. The van der Waals surface area contributed by atoms with Gasteiger partial charge in [-0.3, -0.25) is 9.36 Å². The Morgan fingerprint density at radius 2 is 1.73 bits per heavy atom. The van der Waals surface area contributed by atoms with E-state index in [1.807, 2.05) is 12.1 Å². The normalized spacial score (nSPS) is 16.0. The quantitative estimate of drug-likeness (QED) is 0.783. The fourth-order valence-electron chi connectivity index (χ4n) is 3.57. The zero-order chi connectivity index (χ0) is 18.7. The van der Waals surface area contributed by atoms with E-state index in [4.69, 9.17) is 0 Å². The van der Waals surface area contributed by atoms with E-state index < -0.39 is 23.6 Å². The highest BCUT2D eigenvalue weighted by Gasteiger charge is 2.40. The molecule has 4 nitrogen and oxygen atoms in total. The Morgan fingerprint density at radius 3 is 2.31 bits per heavy atom. The second kappa shape index (κ2) is 7.60. The fourth-order valence-corrected chi connectivity index (χ4v) is 3.57. The van der Waals surface area contributed by atoms with Crippen LogP contribution in [-0.2, 0) is 12.6 Å². The first-order valence-corrected chi connectivity index (χ1v) is 9.07. The molecule has 1 aliphatic rings. The van der Waals surface area contributed by atoms with Gasteiger partial charge in [-0.25, -0.2) is 0 Å². The Balaban J connectivity index is 2.08. The second-order valence-electron chi connectivity index (χ2n) is 6.78. The molecule has 3 rings (SSSR count). The summed E-state index contributed by atoms with van der Waals surface area (Å²) in [5.41, 5.74) is 0.887. The summed E-state index contributed by atoms with van der Waals surface area (Å²) >= 11 is 0. The van der Waals surface area contributed by atoms with Crippen LogP contribution in [0.2, 0.25) is 0 Å². The van der Waals surface area contributed by atoms with Crippen LogP contribution in [-0.4, -0.2) is 14.8 Å². The third-order valence-electron chi connectivity index (χ3n) is 4.85. The van der Waals surface area contributed by atoms with Crippen molar-refractivity contribution in [2.24, 2.45) is 0 Å². The van der Waals surface area contributed by atoms with Gasteiger partial charge in [-0.05, 0) is 24.8 Å². The van der Waals surface area contributed by atoms with Crippen molar-refractivity contribution in [2.75, 3.05) is 0 Å². The minimum Gasteiger partial charge on any atom is -0.283 e. The number of halogens is 3. The van der Waals surface area contributed by atoms with Crippen LogP contribution in [0.1, 0.15) is 62.9 Å². The predicted molar refractivity (Wildman–Crippen MR) is 92.8 cm³/mol. The van der Waals surface area contributed by atoms with Crippen molar-refractivity contribution in [1.29, 1.82) is 0 Å². The molecule has 0 bridgehead atoms. The Labute approximate surface area is 150 Å². The van der Waals surface area contributed by atoms with E-state index in [-0.39, 0.29) is 5.69 Å². The van der Waals surface area contributed by atoms with Gasteiger partial charge >= 0.3 is 6.18 Å². The average Bonchev–Trinajstić information content (AvgIpc) is 2.62. The molecule has 0 amide bonds. The third kappa shape index (κ3) is 3.81. The van der Waals surface area contributed by atoms with Gasteiger partial charge < -0.3 is 0 Å². The van der Waals surface area contributed by atoms with Crippen LogP contribution in [0.15, 0.2) is 29.1 Å². The van der Waals surface area contributed by atoms with Gasteiger partial charge in [0.25, 0.3) is 5.56 Å². The zero-order valence-corrected chi connectivity index (χ0v) is 14.7. The number of rotatable bonds is 4. The molecular formula is C19H22F3N3O.